The summed E-state index contributed by atoms with van der Waals surface area (Å²) in [6, 6.07) is 16.6. The molecule has 0 saturated carbocycles. The van der Waals surface area contributed by atoms with Gasteiger partial charge in [-0.25, -0.2) is 4.79 Å². The van der Waals surface area contributed by atoms with Gasteiger partial charge in [0.15, 0.2) is 6.61 Å². The van der Waals surface area contributed by atoms with Crippen LogP contribution in [-0.2, 0) is 14.4 Å². The number of para-hydroxylation sites is 2. The van der Waals surface area contributed by atoms with Gasteiger partial charge >= 0.3 is 5.97 Å². The first kappa shape index (κ1) is 23.4. The number of carbonyl (C=O) groups is 4. The minimum absolute atomic E-state index is 0.151. The zero-order valence-corrected chi connectivity index (χ0v) is 19.1. The topological polar surface area (TPSA) is 107 Å². The smallest absolute Gasteiger partial charge is 0.341 e. The standard InChI is InChI=1S/C24H23N3O6S/c28-21(26-12-10-25(11-13-26)18-7-2-1-3-8-18)15-27-23(31)20(34-24(27)32)14-17-6-4-5-9-19(17)33-16-22(29)30/h1-9,14H,10-13,15-16H2,(H,29,30)/b20-14+. The molecule has 0 unspecified atom stereocenters. The van der Waals surface area contributed by atoms with Crippen LogP contribution in [0.25, 0.3) is 6.08 Å². The Morgan fingerprint density at radius 3 is 2.35 bits per heavy atom. The Bertz CT molecular complexity index is 1130. The maximum Gasteiger partial charge on any atom is 0.341 e. The van der Waals surface area contributed by atoms with Crippen LogP contribution in [0.4, 0.5) is 10.5 Å². The second kappa shape index (κ2) is 10.4. The highest BCUT2D eigenvalue weighted by Gasteiger charge is 2.37. The summed E-state index contributed by atoms with van der Waals surface area (Å²) in [5.74, 6) is -1.68. The monoisotopic (exact) mass is 481 g/mol. The van der Waals surface area contributed by atoms with E-state index in [-0.39, 0.29) is 23.1 Å². The Morgan fingerprint density at radius 2 is 1.65 bits per heavy atom. The van der Waals surface area contributed by atoms with Gasteiger partial charge in [-0.05, 0) is 36.0 Å². The SMILES string of the molecule is O=C(O)COc1ccccc1/C=C1/SC(=O)N(CC(=O)N2CCN(c3ccccc3)CC2)C1=O. The summed E-state index contributed by atoms with van der Waals surface area (Å²) in [5.41, 5.74) is 1.57. The van der Waals surface area contributed by atoms with Gasteiger partial charge < -0.3 is 19.6 Å². The molecular formula is C24H23N3O6S. The fourth-order valence-corrected chi connectivity index (χ4v) is 4.57. The average molecular weight is 482 g/mol. The van der Waals surface area contributed by atoms with Crippen molar-refractivity contribution in [2.45, 2.75) is 0 Å². The number of carboxylic acid groups (broad SMARTS) is 1. The second-order valence-electron chi connectivity index (χ2n) is 7.69. The zero-order chi connectivity index (χ0) is 24.1. The molecule has 4 rings (SSSR count). The molecule has 10 heteroatoms. The van der Waals surface area contributed by atoms with E-state index in [9.17, 15) is 19.2 Å². The lowest BCUT2D eigenvalue weighted by Crippen LogP contribution is -2.51. The molecule has 2 aromatic rings. The normalized spacial score (nSPS) is 17.4. The maximum atomic E-state index is 12.9. The fraction of sp³-hybridized carbons (Fsp3) is 0.250. The third-order valence-corrected chi connectivity index (χ3v) is 6.38. The molecule has 2 aliphatic rings. The summed E-state index contributed by atoms with van der Waals surface area (Å²) < 4.78 is 5.25. The van der Waals surface area contributed by atoms with Gasteiger partial charge in [-0.1, -0.05) is 36.4 Å². The highest BCUT2D eigenvalue weighted by Crippen LogP contribution is 2.34. The number of thioether (sulfide) groups is 1. The number of carboxylic acids is 1. The molecule has 34 heavy (non-hydrogen) atoms. The van der Waals surface area contributed by atoms with Gasteiger partial charge in [0.25, 0.3) is 11.1 Å². The molecule has 2 heterocycles. The third-order valence-electron chi connectivity index (χ3n) is 5.48. The predicted molar refractivity (Wildman–Crippen MR) is 127 cm³/mol. The predicted octanol–water partition coefficient (Wildman–Crippen LogP) is 2.54. The number of benzene rings is 2. The molecule has 2 saturated heterocycles. The van der Waals surface area contributed by atoms with Crippen LogP contribution in [0.3, 0.4) is 0 Å². The van der Waals surface area contributed by atoms with Gasteiger partial charge in [0.05, 0.1) is 4.91 Å². The Morgan fingerprint density at radius 1 is 0.971 bits per heavy atom. The maximum absolute atomic E-state index is 12.9. The van der Waals surface area contributed by atoms with Crippen LogP contribution >= 0.6 is 11.8 Å². The largest absolute Gasteiger partial charge is 0.481 e. The van der Waals surface area contributed by atoms with Gasteiger partial charge in [-0.2, -0.15) is 0 Å². The first-order valence-corrected chi connectivity index (χ1v) is 11.5. The van der Waals surface area contributed by atoms with Crippen LogP contribution in [0.2, 0.25) is 0 Å². The lowest BCUT2D eigenvalue weighted by molar-refractivity contribution is -0.139. The Hall–Kier alpha value is -3.79. The highest BCUT2D eigenvalue weighted by molar-refractivity contribution is 8.18. The van der Waals surface area contributed by atoms with E-state index in [0.717, 1.165) is 22.3 Å². The quantitative estimate of drug-likeness (QED) is 0.602. The molecule has 0 aliphatic carbocycles. The number of nitrogens with zero attached hydrogens (tertiary/aromatic N) is 3. The fourth-order valence-electron chi connectivity index (χ4n) is 3.74. The number of ether oxygens (including phenoxy) is 1. The molecule has 0 radical (unpaired) electrons. The Balaban J connectivity index is 1.38. The van der Waals surface area contributed by atoms with Crippen molar-refractivity contribution >= 4 is 46.5 Å². The van der Waals surface area contributed by atoms with E-state index in [1.165, 1.54) is 6.08 Å². The molecule has 0 atom stereocenters. The first-order valence-electron chi connectivity index (χ1n) is 10.7. The van der Waals surface area contributed by atoms with E-state index in [1.807, 2.05) is 30.3 Å². The van der Waals surface area contributed by atoms with Crippen molar-refractivity contribution < 1.29 is 29.0 Å². The summed E-state index contributed by atoms with van der Waals surface area (Å²) in [5, 5.41) is 8.32. The lowest BCUT2D eigenvalue weighted by atomic mass is 10.2. The molecule has 176 valence electrons. The minimum atomic E-state index is -1.13. The average Bonchev–Trinajstić information content (AvgIpc) is 3.11. The molecule has 3 amide bonds. The van der Waals surface area contributed by atoms with E-state index in [1.54, 1.807) is 29.2 Å². The number of hydrogen-bond acceptors (Lipinski definition) is 7. The summed E-state index contributed by atoms with van der Waals surface area (Å²) in [4.78, 5) is 53.9. The number of anilines is 1. The number of rotatable bonds is 7. The van der Waals surface area contributed by atoms with Crippen molar-refractivity contribution in [1.82, 2.24) is 9.80 Å². The van der Waals surface area contributed by atoms with Crippen LogP contribution in [0.1, 0.15) is 5.56 Å². The van der Waals surface area contributed by atoms with E-state index in [0.29, 0.717) is 31.7 Å². The van der Waals surface area contributed by atoms with Crippen molar-refractivity contribution in [3.05, 3.63) is 65.1 Å². The van der Waals surface area contributed by atoms with Gasteiger partial charge in [0, 0.05) is 37.4 Å². The number of aliphatic carboxylic acids is 1. The van der Waals surface area contributed by atoms with Gasteiger partial charge in [0.2, 0.25) is 5.91 Å². The molecule has 0 aromatic heterocycles. The highest BCUT2D eigenvalue weighted by atomic mass is 32.2. The van der Waals surface area contributed by atoms with Crippen LogP contribution in [0.5, 0.6) is 5.75 Å². The molecule has 2 fully saturated rings. The van der Waals surface area contributed by atoms with Crippen molar-refractivity contribution in [3.8, 4) is 5.75 Å². The van der Waals surface area contributed by atoms with E-state index in [4.69, 9.17) is 9.84 Å². The van der Waals surface area contributed by atoms with E-state index in [2.05, 4.69) is 4.90 Å². The molecule has 0 spiro atoms. The Kier molecular flexibility index (Phi) is 7.17. The van der Waals surface area contributed by atoms with Crippen LogP contribution in [0.15, 0.2) is 59.5 Å². The van der Waals surface area contributed by atoms with Gasteiger partial charge in [-0.3, -0.25) is 19.3 Å². The van der Waals surface area contributed by atoms with Gasteiger partial charge in [0.1, 0.15) is 12.3 Å². The molecule has 0 bridgehead atoms. The number of amides is 3. The molecule has 2 aliphatic heterocycles. The van der Waals surface area contributed by atoms with Crippen molar-refractivity contribution in [2.75, 3.05) is 44.2 Å². The van der Waals surface area contributed by atoms with E-state index < -0.39 is 23.7 Å². The zero-order valence-electron chi connectivity index (χ0n) is 18.3. The second-order valence-corrected chi connectivity index (χ2v) is 8.68. The third kappa shape index (κ3) is 5.40. The number of carbonyl (C=O) groups excluding carboxylic acids is 3. The summed E-state index contributed by atoms with van der Waals surface area (Å²) in [6.07, 6.45) is 1.48. The van der Waals surface area contributed by atoms with Crippen molar-refractivity contribution in [2.24, 2.45) is 0 Å². The number of hydrogen-bond donors (Lipinski definition) is 1. The lowest BCUT2D eigenvalue weighted by Gasteiger charge is -2.36. The Labute approximate surface area is 200 Å². The van der Waals surface area contributed by atoms with E-state index >= 15 is 0 Å². The minimum Gasteiger partial charge on any atom is -0.481 e. The molecule has 9 nitrogen and oxygen atoms in total. The van der Waals surface area contributed by atoms with Gasteiger partial charge in [-0.15, -0.1) is 0 Å². The van der Waals surface area contributed by atoms with Crippen molar-refractivity contribution in [3.63, 3.8) is 0 Å². The van der Waals surface area contributed by atoms with Crippen molar-refractivity contribution in [1.29, 1.82) is 0 Å². The number of piperazine rings is 1. The summed E-state index contributed by atoms with van der Waals surface area (Å²) in [6.45, 7) is 1.51. The summed E-state index contributed by atoms with van der Waals surface area (Å²) >= 11 is 0.744. The molecule has 2 aromatic carbocycles. The van der Waals surface area contributed by atoms with Crippen LogP contribution in [0, 0.1) is 0 Å². The number of imide groups is 1. The summed E-state index contributed by atoms with van der Waals surface area (Å²) in [7, 11) is 0. The van der Waals surface area contributed by atoms with Crippen LogP contribution < -0.4 is 9.64 Å². The first-order chi connectivity index (χ1) is 16.4. The van der Waals surface area contributed by atoms with Crippen LogP contribution in [-0.4, -0.2) is 77.3 Å². The molecular weight excluding hydrogens is 458 g/mol. The molecule has 1 N–H and O–H groups in total.